The van der Waals surface area contributed by atoms with Gasteiger partial charge in [-0.05, 0) is 32.8 Å². The topological polar surface area (TPSA) is 51.2 Å². The molecule has 0 bridgehead atoms. The first kappa shape index (κ1) is 19.2. The Labute approximate surface area is 145 Å². The summed E-state index contributed by atoms with van der Waals surface area (Å²) in [5.74, 6) is 0.878. The highest BCUT2D eigenvalue weighted by Crippen LogP contribution is 2.21. The van der Waals surface area contributed by atoms with Crippen molar-refractivity contribution < 1.29 is 19.3 Å². The first-order valence-corrected chi connectivity index (χ1v) is 8.84. The summed E-state index contributed by atoms with van der Waals surface area (Å²) < 4.78 is 16.8. The fraction of sp³-hybridized carbons (Fsp3) is 0.684. The molecule has 0 saturated carbocycles. The smallest absolute Gasteiger partial charge is 0.123 e. The van der Waals surface area contributed by atoms with Crippen LogP contribution < -0.4 is 4.74 Å². The Morgan fingerprint density at radius 2 is 2.12 bits per heavy atom. The number of aliphatic hydroxyl groups is 1. The van der Waals surface area contributed by atoms with Crippen LogP contribution >= 0.6 is 0 Å². The molecular weight excluding hydrogens is 306 g/mol. The number of methoxy groups -OCH3 is 1. The third-order valence-electron chi connectivity index (χ3n) is 4.16. The average Bonchev–Trinajstić information content (AvgIpc) is 3.06. The highest BCUT2D eigenvalue weighted by molar-refractivity contribution is 5.33. The summed E-state index contributed by atoms with van der Waals surface area (Å²) in [5, 5.41) is 10.3. The van der Waals surface area contributed by atoms with Gasteiger partial charge in [-0.3, -0.25) is 4.90 Å². The highest BCUT2D eigenvalue weighted by Gasteiger charge is 2.22. The zero-order chi connectivity index (χ0) is 17.4. The Morgan fingerprint density at radius 1 is 1.33 bits per heavy atom. The summed E-state index contributed by atoms with van der Waals surface area (Å²) in [5.41, 5.74) is 1.12. The molecule has 0 radical (unpaired) electrons. The van der Waals surface area contributed by atoms with Gasteiger partial charge in [-0.15, -0.1) is 0 Å². The number of ether oxygens (including phenoxy) is 3. The highest BCUT2D eigenvalue weighted by atomic mass is 16.5. The molecule has 1 aliphatic heterocycles. The Bertz CT molecular complexity index is 474. The lowest BCUT2D eigenvalue weighted by Crippen LogP contribution is -2.39. The zero-order valence-corrected chi connectivity index (χ0v) is 15.1. The van der Waals surface area contributed by atoms with Crippen LogP contribution in [0.5, 0.6) is 5.75 Å². The molecule has 5 nitrogen and oxygen atoms in total. The van der Waals surface area contributed by atoms with Crippen LogP contribution in [0.1, 0.15) is 32.3 Å². The third kappa shape index (κ3) is 6.40. The van der Waals surface area contributed by atoms with Crippen LogP contribution in [0.3, 0.4) is 0 Å². The molecular formula is C19H31NO4. The quantitative estimate of drug-likeness (QED) is 0.711. The molecule has 1 aromatic rings. The lowest BCUT2D eigenvalue weighted by atomic mass is 10.1. The van der Waals surface area contributed by atoms with Crippen molar-refractivity contribution in [3.63, 3.8) is 0 Å². The van der Waals surface area contributed by atoms with Gasteiger partial charge < -0.3 is 19.3 Å². The van der Waals surface area contributed by atoms with Gasteiger partial charge in [0.05, 0.1) is 32.0 Å². The largest absolute Gasteiger partial charge is 0.496 e. The average molecular weight is 337 g/mol. The molecule has 5 heteroatoms. The first-order valence-electron chi connectivity index (χ1n) is 8.84. The summed E-state index contributed by atoms with van der Waals surface area (Å²) in [6.07, 6.45) is 2.06. The van der Waals surface area contributed by atoms with Crippen LogP contribution in [-0.2, 0) is 16.0 Å². The minimum absolute atomic E-state index is 0.125. The fourth-order valence-corrected chi connectivity index (χ4v) is 3.01. The minimum atomic E-state index is -0.511. The van der Waals surface area contributed by atoms with Crippen molar-refractivity contribution in [2.45, 2.75) is 51.5 Å². The van der Waals surface area contributed by atoms with Gasteiger partial charge in [0.25, 0.3) is 0 Å². The van der Waals surface area contributed by atoms with Crippen molar-refractivity contribution in [1.29, 1.82) is 0 Å². The zero-order valence-electron chi connectivity index (χ0n) is 15.1. The van der Waals surface area contributed by atoms with E-state index in [1.165, 1.54) is 0 Å². The molecule has 0 aromatic heterocycles. The van der Waals surface area contributed by atoms with E-state index >= 15 is 0 Å². The lowest BCUT2D eigenvalue weighted by molar-refractivity contribution is -0.0173. The molecule has 0 aliphatic carbocycles. The van der Waals surface area contributed by atoms with Gasteiger partial charge >= 0.3 is 0 Å². The van der Waals surface area contributed by atoms with E-state index in [0.717, 1.165) is 43.9 Å². The maximum absolute atomic E-state index is 10.3. The van der Waals surface area contributed by atoms with E-state index in [9.17, 15) is 5.11 Å². The van der Waals surface area contributed by atoms with Crippen molar-refractivity contribution in [2.75, 3.05) is 33.4 Å². The van der Waals surface area contributed by atoms with Crippen LogP contribution in [0.4, 0.5) is 0 Å². The van der Waals surface area contributed by atoms with Crippen molar-refractivity contribution in [2.24, 2.45) is 0 Å². The summed E-state index contributed by atoms with van der Waals surface area (Å²) >= 11 is 0. The van der Waals surface area contributed by atoms with Crippen molar-refractivity contribution in [3.8, 4) is 5.75 Å². The molecule has 1 aliphatic rings. The number of rotatable bonds is 10. The summed E-state index contributed by atoms with van der Waals surface area (Å²) in [6.45, 7) is 7.25. The molecule has 2 atom stereocenters. The molecule has 0 spiro atoms. The van der Waals surface area contributed by atoms with Crippen molar-refractivity contribution >= 4 is 0 Å². The molecule has 136 valence electrons. The van der Waals surface area contributed by atoms with Crippen LogP contribution in [-0.4, -0.2) is 61.7 Å². The summed E-state index contributed by atoms with van der Waals surface area (Å²) in [6, 6.07) is 8.02. The van der Waals surface area contributed by atoms with Crippen molar-refractivity contribution in [3.05, 3.63) is 29.8 Å². The molecule has 2 rings (SSSR count). The number of aliphatic hydroxyl groups excluding tert-OH is 1. The molecule has 1 fully saturated rings. The third-order valence-corrected chi connectivity index (χ3v) is 4.16. The van der Waals surface area contributed by atoms with E-state index in [4.69, 9.17) is 14.2 Å². The van der Waals surface area contributed by atoms with Gasteiger partial charge in [-0.25, -0.2) is 0 Å². The second-order valence-corrected chi connectivity index (χ2v) is 6.68. The molecule has 0 amide bonds. The molecule has 1 aromatic carbocycles. The van der Waals surface area contributed by atoms with E-state index in [1.54, 1.807) is 7.11 Å². The lowest BCUT2D eigenvalue weighted by Gasteiger charge is -2.28. The number of hydrogen-bond acceptors (Lipinski definition) is 5. The first-order chi connectivity index (χ1) is 11.6. The Balaban J connectivity index is 1.98. The number of benzene rings is 1. The van der Waals surface area contributed by atoms with E-state index in [-0.39, 0.29) is 12.2 Å². The van der Waals surface area contributed by atoms with Crippen LogP contribution in [0.15, 0.2) is 24.3 Å². The minimum Gasteiger partial charge on any atom is -0.496 e. The number of nitrogens with zero attached hydrogens (tertiary/aromatic N) is 1. The van der Waals surface area contributed by atoms with E-state index in [0.29, 0.717) is 13.2 Å². The van der Waals surface area contributed by atoms with Crippen LogP contribution in [0.25, 0.3) is 0 Å². The molecule has 1 heterocycles. The summed E-state index contributed by atoms with van der Waals surface area (Å²) in [7, 11) is 1.69. The van der Waals surface area contributed by atoms with Gasteiger partial charge in [0, 0.05) is 31.8 Å². The maximum Gasteiger partial charge on any atom is 0.123 e. The number of hydrogen-bond donors (Lipinski definition) is 1. The second kappa shape index (κ2) is 9.99. The predicted molar refractivity (Wildman–Crippen MR) is 94.3 cm³/mol. The Morgan fingerprint density at radius 3 is 2.79 bits per heavy atom. The molecule has 2 unspecified atom stereocenters. The Hall–Kier alpha value is -1.14. The predicted octanol–water partition coefficient (Wildman–Crippen LogP) is 2.46. The SMILES string of the molecule is COc1ccccc1CN(CC(O)COC(C)C)CC1CCCO1. The summed E-state index contributed by atoms with van der Waals surface area (Å²) in [4.78, 5) is 2.24. The van der Waals surface area contributed by atoms with E-state index in [1.807, 2.05) is 32.0 Å². The van der Waals surface area contributed by atoms with Crippen LogP contribution in [0.2, 0.25) is 0 Å². The van der Waals surface area contributed by atoms with Gasteiger partial charge in [0.15, 0.2) is 0 Å². The number of para-hydroxylation sites is 1. The Kier molecular flexibility index (Phi) is 7.99. The molecule has 1 N–H and O–H groups in total. The van der Waals surface area contributed by atoms with Crippen molar-refractivity contribution in [1.82, 2.24) is 4.90 Å². The van der Waals surface area contributed by atoms with E-state index < -0.39 is 6.10 Å². The van der Waals surface area contributed by atoms with Gasteiger partial charge in [-0.2, -0.15) is 0 Å². The maximum atomic E-state index is 10.3. The van der Waals surface area contributed by atoms with Crippen LogP contribution in [0, 0.1) is 0 Å². The second-order valence-electron chi connectivity index (χ2n) is 6.68. The standard InChI is InChI=1S/C19H31NO4/c1-15(2)24-14-17(21)12-20(13-18-8-6-10-23-18)11-16-7-4-5-9-19(16)22-3/h4-5,7,9,15,17-18,21H,6,8,10-14H2,1-3H3. The monoisotopic (exact) mass is 337 g/mol. The van der Waals surface area contributed by atoms with E-state index in [2.05, 4.69) is 11.0 Å². The fourth-order valence-electron chi connectivity index (χ4n) is 3.01. The normalized spacial score (nSPS) is 19.2. The van der Waals surface area contributed by atoms with Gasteiger partial charge in [-0.1, -0.05) is 18.2 Å². The molecule has 1 saturated heterocycles. The molecule has 24 heavy (non-hydrogen) atoms. The van der Waals surface area contributed by atoms with Gasteiger partial charge in [0.2, 0.25) is 0 Å². The van der Waals surface area contributed by atoms with Gasteiger partial charge in [0.1, 0.15) is 5.75 Å².